The number of benzene rings is 3. The Kier molecular flexibility index (Phi) is 9.16. The van der Waals surface area contributed by atoms with E-state index in [9.17, 15) is 10.1 Å². The highest BCUT2D eigenvalue weighted by atomic mass is 16.5. The molecule has 0 unspecified atom stereocenters. The first-order valence-corrected chi connectivity index (χ1v) is 16.4. The van der Waals surface area contributed by atoms with Crippen molar-refractivity contribution in [2.75, 3.05) is 42.1 Å². The van der Waals surface area contributed by atoms with Gasteiger partial charge in [-0.1, -0.05) is 45.0 Å². The van der Waals surface area contributed by atoms with Crippen LogP contribution in [0.4, 0.5) is 0 Å². The maximum Gasteiger partial charge on any atom is 0.330 e. The minimum Gasteiger partial charge on any atom is -0.493 e. The Balaban J connectivity index is 1.37. The summed E-state index contributed by atoms with van der Waals surface area (Å²) in [7, 11) is 8.64. The topological polar surface area (TPSA) is 93.5 Å². The minimum atomic E-state index is -0.459. The maximum atomic E-state index is 13.2. The third-order valence-electron chi connectivity index (χ3n) is 10.3. The lowest BCUT2D eigenvalue weighted by Crippen LogP contribution is -2.68. The van der Waals surface area contributed by atoms with Crippen molar-refractivity contribution in [2.24, 2.45) is 0 Å². The van der Waals surface area contributed by atoms with E-state index in [1.54, 1.807) is 34.5 Å². The SMILES string of the molecule is COc1cc2c(cc1OC)[C@@H]1[C@@H]3Cc4cc(OC)c(OC)cc4[C@H](COC(=O)/C=C/c4ccc(C(C)(C)C)cc4)N3[C@@H](C#N)[C@H](C2)N1C. The summed E-state index contributed by atoms with van der Waals surface area (Å²) in [6.07, 6.45) is 4.58. The highest BCUT2D eigenvalue weighted by Gasteiger charge is 2.54. The number of piperazine rings is 1. The normalized spacial score (nSPS) is 23.4. The van der Waals surface area contributed by atoms with Crippen LogP contribution in [-0.2, 0) is 27.8 Å². The van der Waals surface area contributed by atoms with E-state index < -0.39 is 12.0 Å². The molecule has 3 heterocycles. The summed E-state index contributed by atoms with van der Waals surface area (Å²) >= 11 is 0. The van der Waals surface area contributed by atoms with Gasteiger partial charge in [0.15, 0.2) is 23.0 Å². The molecule has 0 N–H and O–H groups in total. The van der Waals surface area contributed by atoms with Gasteiger partial charge in [-0.25, -0.2) is 4.79 Å². The Hall–Kier alpha value is -4.52. The Bertz CT molecular complexity index is 1760. The Morgan fingerprint density at radius 2 is 1.40 bits per heavy atom. The van der Waals surface area contributed by atoms with Crippen molar-refractivity contribution < 1.29 is 28.5 Å². The van der Waals surface area contributed by atoms with Gasteiger partial charge in [0.1, 0.15) is 12.6 Å². The van der Waals surface area contributed by atoms with Crippen molar-refractivity contribution >= 4 is 12.0 Å². The fourth-order valence-corrected chi connectivity index (χ4v) is 7.81. The van der Waals surface area contributed by atoms with E-state index >= 15 is 0 Å². The molecule has 3 aliphatic rings. The molecule has 0 spiro atoms. The van der Waals surface area contributed by atoms with Crippen molar-refractivity contribution in [1.82, 2.24) is 9.80 Å². The third-order valence-corrected chi connectivity index (χ3v) is 10.3. The molecule has 252 valence electrons. The van der Waals surface area contributed by atoms with Crippen LogP contribution in [-0.4, -0.2) is 76.0 Å². The summed E-state index contributed by atoms with van der Waals surface area (Å²) in [6, 6.07) is 17.9. The van der Waals surface area contributed by atoms with E-state index in [1.165, 1.54) is 11.6 Å². The summed E-state index contributed by atoms with van der Waals surface area (Å²) in [4.78, 5) is 17.8. The molecule has 9 heteroatoms. The number of fused-ring (bicyclic) bond motifs is 7. The molecule has 6 rings (SSSR count). The molecule has 1 saturated heterocycles. The number of ether oxygens (including phenoxy) is 5. The number of likely N-dealkylation sites (N-methyl/N-ethyl adjacent to an activating group) is 1. The van der Waals surface area contributed by atoms with Crippen LogP contribution in [0.5, 0.6) is 23.0 Å². The first kappa shape index (κ1) is 33.4. The lowest BCUT2D eigenvalue weighted by molar-refractivity contribution is -0.143. The third kappa shape index (κ3) is 5.88. The van der Waals surface area contributed by atoms with Gasteiger partial charge in [0.2, 0.25) is 0 Å². The number of nitriles is 1. The number of nitrogens with zero attached hydrogens (tertiary/aromatic N) is 3. The molecule has 1 fully saturated rings. The van der Waals surface area contributed by atoms with Gasteiger partial charge in [-0.3, -0.25) is 9.80 Å². The number of methoxy groups -OCH3 is 4. The lowest BCUT2D eigenvalue weighted by atomic mass is 9.72. The maximum absolute atomic E-state index is 13.2. The summed E-state index contributed by atoms with van der Waals surface area (Å²) in [5.41, 5.74) is 6.53. The van der Waals surface area contributed by atoms with Gasteiger partial charge in [0, 0.05) is 18.2 Å². The summed E-state index contributed by atoms with van der Waals surface area (Å²) < 4.78 is 28.8. The first-order valence-electron chi connectivity index (χ1n) is 16.4. The Labute approximate surface area is 283 Å². The second-order valence-electron chi connectivity index (χ2n) is 13.8. The van der Waals surface area contributed by atoms with Crippen LogP contribution in [0.2, 0.25) is 0 Å². The number of carbonyl (C=O) groups excluding carboxylic acids is 1. The molecule has 9 nitrogen and oxygen atoms in total. The molecule has 0 amide bonds. The van der Waals surface area contributed by atoms with E-state index in [2.05, 4.69) is 68.0 Å². The van der Waals surface area contributed by atoms with Crippen LogP contribution in [0.3, 0.4) is 0 Å². The molecule has 0 aromatic heterocycles. The van der Waals surface area contributed by atoms with Crippen molar-refractivity contribution in [2.45, 2.75) is 69.2 Å². The zero-order chi connectivity index (χ0) is 34.3. The molecular weight excluding hydrogens is 606 g/mol. The summed E-state index contributed by atoms with van der Waals surface area (Å²) in [5.74, 6) is 2.14. The Morgan fingerprint density at radius 1 is 0.854 bits per heavy atom. The predicted octanol–water partition coefficient (Wildman–Crippen LogP) is 6.05. The van der Waals surface area contributed by atoms with Crippen LogP contribution in [0.15, 0.2) is 54.6 Å². The van der Waals surface area contributed by atoms with E-state index in [0.717, 1.165) is 27.8 Å². The molecule has 0 radical (unpaired) electrons. The van der Waals surface area contributed by atoms with Crippen LogP contribution < -0.4 is 18.9 Å². The highest BCUT2D eigenvalue weighted by molar-refractivity contribution is 5.87. The second kappa shape index (κ2) is 13.2. The summed E-state index contributed by atoms with van der Waals surface area (Å²) in [5, 5.41) is 10.8. The van der Waals surface area contributed by atoms with Gasteiger partial charge in [-0.15, -0.1) is 0 Å². The molecule has 3 aliphatic heterocycles. The number of hydrogen-bond donors (Lipinski definition) is 0. The molecule has 3 aromatic rings. The van der Waals surface area contributed by atoms with E-state index in [0.29, 0.717) is 35.8 Å². The lowest BCUT2D eigenvalue weighted by Gasteiger charge is -2.59. The molecule has 48 heavy (non-hydrogen) atoms. The first-order chi connectivity index (χ1) is 23.0. The van der Waals surface area contributed by atoms with E-state index in [-0.39, 0.29) is 36.2 Å². The second-order valence-corrected chi connectivity index (χ2v) is 13.8. The zero-order valence-corrected chi connectivity index (χ0v) is 29.1. The van der Waals surface area contributed by atoms with Gasteiger partial charge in [0.05, 0.1) is 46.6 Å². The van der Waals surface area contributed by atoms with Crippen molar-refractivity contribution in [3.8, 4) is 29.1 Å². The van der Waals surface area contributed by atoms with Gasteiger partial charge in [-0.2, -0.15) is 5.26 Å². The van der Waals surface area contributed by atoms with Crippen LogP contribution in [0, 0.1) is 11.3 Å². The molecular formula is C39H45N3O6. The van der Waals surface area contributed by atoms with Crippen LogP contribution in [0.1, 0.15) is 66.2 Å². The smallest absolute Gasteiger partial charge is 0.330 e. The average Bonchev–Trinajstić information content (AvgIpc) is 3.08. The van der Waals surface area contributed by atoms with Crippen LogP contribution in [0.25, 0.3) is 6.08 Å². The number of esters is 1. The van der Waals surface area contributed by atoms with Gasteiger partial charge >= 0.3 is 5.97 Å². The molecule has 2 bridgehead atoms. The quantitative estimate of drug-likeness (QED) is 0.213. The summed E-state index contributed by atoms with van der Waals surface area (Å²) in [6.45, 7) is 6.59. The predicted molar refractivity (Wildman–Crippen MR) is 184 cm³/mol. The van der Waals surface area contributed by atoms with Gasteiger partial charge in [0.25, 0.3) is 0 Å². The monoisotopic (exact) mass is 651 g/mol. The van der Waals surface area contributed by atoms with E-state index in [1.807, 2.05) is 24.3 Å². The minimum absolute atomic E-state index is 0.0430. The van der Waals surface area contributed by atoms with E-state index in [4.69, 9.17) is 23.7 Å². The molecule has 5 atom stereocenters. The molecule has 0 aliphatic carbocycles. The van der Waals surface area contributed by atoms with Crippen molar-refractivity contribution in [3.63, 3.8) is 0 Å². The standard InChI is InChI=1S/C39H45N3O6/c1-39(2,3)26-12-9-23(10-13-26)11-14-37(43)48-22-32-27-19-35(46-7)33(44-5)17-24(27)16-30-38-28-20-36(47-8)34(45-6)18-25(28)15-29(41(38)4)31(21-40)42(30)32/h9-14,17-20,29-32,38H,15-16,22H2,1-8H3/b14-11+/t29-,30-,31-,32-,38+/m0/s1. The number of rotatable bonds is 8. The number of hydrogen-bond acceptors (Lipinski definition) is 9. The van der Waals surface area contributed by atoms with Gasteiger partial charge in [-0.05, 0) is 89.0 Å². The molecule has 3 aromatic carbocycles. The molecule has 0 saturated carbocycles. The fraction of sp³-hybridized carbons (Fsp3) is 0.436. The van der Waals surface area contributed by atoms with Crippen molar-refractivity contribution in [1.29, 1.82) is 5.26 Å². The number of carbonyl (C=O) groups is 1. The van der Waals surface area contributed by atoms with Gasteiger partial charge < -0.3 is 23.7 Å². The zero-order valence-electron chi connectivity index (χ0n) is 29.1. The fourth-order valence-electron chi connectivity index (χ4n) is 7.81. The average molecular weight is 652 g/mol. The van der Waals surface area contributed by atoms with Crippen LogP contribution >= 0.6 is 0 Å². The largest absolute Gasteiger partial charge is 0.493 e. The van der Waals surface area contributed by atoms with Crippen molar-refractivity contribution in [3.05, 3.63) is 88.0 Å². The Morgan fingerprint density at radius 3 is 1.96 bits per heavy atom. The highest BCUT2D eigenvalue weighted by Crippen LogP contribution is 2.52.